The zero-order valence-electron chi connectivity index (χ0n) is 12.5. The van der Waals surface area contributed by atoms with Crippen LogP contribution in [0, 0.1) is 12.7 Å². The molecule has 0 spiro atoms. The molecule has 0 fully saturated rings. The van der Waals surface area contributed by atoms with E-state index in [0.29, 0.717) is 5.56 Å². The minimum atomic E-state index is -3.98. The van der Waals surface area contributed by atoms with Crippen LogP contribution in [0.4, 0.5) is 10.1 Å². The molecule has 0 aromatic heterocycles. The van der Waals surface area contributed by atoms with Crippen LogP contribution in [-0.4, -0.2) is 21.4 Å². The van der Waals surface area contributed by atoms with Gasteiger partial charge in [0.05, 0.1) is 23.3 Å². The van der Waals surface area contributed by atoms with Gasteiger partial charge in [-0.15, -0.1) is 0 Å². The van der Waals surface area contributed by atoms with Gasteiger partial charge in [-0.2, -0.15) is 0 Å². The summed E-state index contributed by atoms with van der Waals surface area (Å²) in [5.74, 6) is -1.17. The van der Waals surface area contributed by atoms with E-state index in [2.05, 4.69) is 5.32 Å². The molecule has 0 saturated heterocycles. The molecule has 0 radical (unpaired) electrons. The lowest BCUT2D eigenvalue weighted by atomic mass is 10.1. The van der Waals surface area contributed by atoms with Crippen molar-refractivity contribution in [3.05, 3.63) is 53.3 Å². The SMILES string of the molecule is COc1ccc(S(N)(=O)=O)cc1C(=O)Nc1ccc(C)cc1F. The number of halogens is 1. The van der Waals surface area contributed by atoms with Gasteiger partial charge in [0.2, 0.25) is 10.0 Å². The summed E-state index contributed by atoms with van der Waals surface area (Å²) in [4.78, 5) is 12.1. The summed E-state index contributed by atoms with van der Waals surface area (Å²) < 4.78 is 41.7. The quantitative estimate of drug-likeness (QED) is 0.891. The van der Waals surface area contributed by atoms with Crippen LogP contribution < -0.4 is 15.2 Å². The maximum atomic E-state index is 13.8. The molecule has 0 atom stereocenters. The Morgan fingerprint density at radius 1 is 1.22 bits per heavy atom. The van der Waals surface area contributed by atoms with Gasteiger partial charge in [-0.25, -0.2) is 17.9 Å². The lowest BCUT2D eigenvalue weighted by Gasteiger charge is -2.11. The van der Waals surface area contributed by atoms with Crippen molar-refractivity contribution in [2.24, 2.45) is 5.14 Å². The second kappa shape index (κ2) is 6.35. The Hall–Kier alpha value is -2.45. The Bertz CT molecular complexity index is 866. The van der Waals surface area contributed by atoms with Crippen LogP contribution in [0.25, 0.3) is 0 Å². The number of anilines is 1. The number of nitrogens with two attached hydrogens (primary N) is 1. The van der Waals surface area contributed by atoms with Crippen molar-refractivity contribution in [2.45, 2.75) is 11.8 Å². The van der Waals surface area contributed by atoms with Gasteiger partial charge in [0.1, 0.15) is 11.6 Å². The van der Waals surface area contributed by atoms with E-state index < -0.39 is 21.7 Å². The zero-order chi connectivity index (χ0) is 17.2. The standard InChI is InChI=1S/C15H15FN2O4S/c1-9-3-5-13(12(16)7-9)18-15(19)11-8-10(23(17,20)21)4-6-14(11)22-2/h3-8H,1-2H3,(H,18,19)(H2,17,20,21). The van der Waals surface area contributed by atoms with Gasteiger partial charge in [-0.3, -0.25) is 4.79 Å². The van der Waals surface area contributed by atoms with Crippen LogP contribution in [0.5, 0.6) is 5.75 Å². The molecule has 0 saturated carbocycles. The maximum Gasteiger partial charge on any atom is 0.259 e. The fraction of sp³-hybridized carbons (Fsp3) is 0.133. The van der Waals surface area contributed by atoms with E-state index >= 15 is 0 Å². The maximum absolute atomic E-state index is 13.8. The van der Waals surface area contributed by atoms with Gasteiger partial charge in [-0.1, -0.05) is 6.07 Å². The number of carbonyl (C=O) groups is 1. The molecular weight excluding hydrogens is 323 g/mol. The summed E-state index contributed by atoms with van der Waals surface area (Å²) in [6.45, 7) is 1.72. The first kappa shape index (κ1) is 16.9. The first-order chi connectivity index (χ1) is 10.7. The van der Waals surface area contributed by atoms with Gasteiger partial charge in [0.25, 0.3) is 5.91 Å². The third-order valence-electron chi connectivity index (χ3n) is 3.12. The number of aryl methyl sites for hydroxylation is 1. The van der Waals surface area contributed by atoms with E-state index in [1.54, 1.807) is 13.0 Å². The minimum absolute atomic E-state index is 0.0244. The molecule has 2 rings (SSSR count). The second-order valence-electron chi connectivity index (χ2n) is 4.84. The summed E-state index contributed by atoms with van der Waals surface area (Å²) in [6, 6.07) is 7.93. The van der Waals surface area contributed by atoms with Crippen molar-refractivity contribution in [3.8, 4) is 5.75 Å². The number of rotatable bonds is 4. The summed E-state index contributed by atoms with van der Waals surface area (Å²) in [7, 11) is -2.65. The number of nitrogens with one attached hydrogen (secondary N) is 1. The smallest absolute Gasteiger partial charge is 0.259 e. The molecule has 8 heteroatoms. The third-order valence-corrected chi connectivity index (χ3v) is 4.03. The highest BCUT2D eigenvalue weighted by atomic mass is 32.2. The minimum Gasteiger partial charge on any atom is -0.496 e. The molecule has 0 aliphatic carbocycles. The van der Waals surface area contributed by atoms with E-state index in [9.17, 15) is 17.6 Å². The molecule has 0 unspecified atom stereocenters. The zero-order valence-corrected chi connectivity index (χ0v) is 13.3. The third kappa shape index (κ3) is 3.85. The van der Waals surface area contributed by atoms with Gasteiger partial charge >= 0.3 is 0 Å². The fourth-order valence-electron chi connectivity index (χ4n) is 1.95. The highest BCUT2D eigenvalue weighted by molar-refractivity contribution is 7.89. The van der Waals surface area contributed by atoms with Gasteiger partial charge in [-0.05, 0) is 42.8 Å². The molecule has 0 aliphatic rings. The first-order valence-electron chi connectivity index (χ1n) is 6.50. The molecule has 0 aliphatic heterocycles. The number of primary sulfonamides is 1. The molecule has 122 valence electrons. The van der Waals surface area contributed by atoms with Crippen LogP contribution >= 0.6 is 0 Å². The number of hydrogen-bond acceptors (Lipinski definition) is 4. The Kier molecular flexibility index (Phi) is 4.67. The predicted octanol–water partition coefficient (Wildman–Crippen LogP) is 2.04. The van der Waals surface area contributed by atoms with E-state index in [0.717, 1.165) is 6.07 Å². The molecule has 23 heavy (non-hydrogen) atoms. The van der Waals surface area contributed by atoms with E-state index in [1.165, 1.54) is 31.4 Å². The number of benzene rings is 2. The number of sulfonamides is 1. The summed E-state index contributed by atoms with van der Waals surface area (Å²) in [5.41, 5.74) is 0.608. The van der Waals surface area contributed by atoms with Crippen molar-refractivity contribution in [2.75, 3.05) is 12.4 Å². The summed E-state index contributed by atoms with van der Waals surface area (Å²) in [5, 5.41) is 7.43. The van der Waals surface area contributed by atoms with Gasteiger partial charge in [0, 0.05) is 0 Å². The van der Waals surface area contributed by atoms with Crippen LogP contribution in [0.1, 0.15) is 15.9 Å². The van der Waals surface area contributed by atoms with E-state index in [-0.39, 0.29) is 21.9 Å². The molecule has 1 amide bonds. The fourth-order valence-corrected chi connectivity index (χ4v) is 2.49. The summed E-state index contributed by atoms with van der Waals surface area (Å²) in [6.07, 6.45) is 0. The number of methoxy groups -OCH3 is 1. The number of hydrogen-bond donors (Lipinski definition) is 2. The Balaban J connectivity index is 2.41. The van der Waals surface area contributed by atoms with Gasteiger partial charge < -0.3 is 10.1 Å². The Labute approximate surface area is 133 Å². The lowest BCUT2D eigenvalue weighted by Crippen LogP contribution is -2.17. The number of ether oxygens (including phenoxy) is 1. The van der Waals surface area contributed by atoms with Crippen LogP contribution in [0.15, 0.2) is 41.3 Å². The largest absolute Gasteiger partial charge is 0.496 e. The normalized spacial score (nSPS) is 11.1. The lowest BCUT2D eigenvalue weighted by molar-refractivity contribution is 0.102. The Morgan fingerprint density at radius 3 is 2.48 bits per heavy atom. The molecule has 0 heterocycles. The topological polar surface area (TPSA) is 98.5 Å². The van der Waals surface area contributed by atoms with Crippen LogP contribution in [-0.2, 0) is 10.0 Å². The number of carbonyl (C=O) groups excluding carboxylic acids is 1. The molecule has 3 N–H and O–H groups in total. The van der Waals surface area contributed by atoms with Crippen LogP contribution in [0.3, 0.4) is 0 Å². The van der Waals surface area contributed by atoms with E-state index in [1.807, 2.05) is 0 Å². The molecule has 6 nitrogen and oxygen atoms in total. The summed E-state index contributed by atoms with van der Waals surface area (Å²) >= 11 is 0. The van der Waals surface area contributed by atoms with Gasteiger partial charge in [0.15, 0.2) is 0 Å². The average molecular weight is 338 g/mol. The monoisotopic (exact) mass is 338 g/mol. The number of amides is 1. The second-order valence-corrected chi connectivity index (χ2v) is 6.41. The predicted molar refractivity (Wildman–Crippen MR) is 83.5 cm³/mol. The molecule has 2 aromatic rings. The molecular formula is C15H15FN2O4S. The van der Waals surface area contributed by atoms with Crippen molar-refractivity contribution < 1.29 is 22.3 Å². The molecule has 0 bridgehead atoms. The van der Waals surface area contributed by atoms with Crippen molar-refractivity contribution in [3.63, 3.8) is 0 Å². The highest BCUT2D eigenvalue weighted by Crippen LogP contribution is 2.24. The molecule has 2 aromatic carbocycles. The van der Waals surface area contributed by atoms with Crippen molar-refractivity contribution in [1.29, 1.82) is 0 Å². The van der Waals surface area contributed by atoms with Crippen LogP contribution in [0.2, 0.25) is 0 Å². The average Bonchev–Trinajstić information content (AvgIpc) is 2.48. The Morgan fingerprint density at radius 2 is 1.91 bits per heavy atom. The van der Waals surface area contributed by atoms with E-state index in [4.69, 9.17) is 9.88 Å². The van der Waals surface area contributed by atoms with Crippen molar-refractivity contribution >= 4 is 21.6 Å². The first-order valence-corrected chi connectivity index (χ1v) is 8.05. The highest BCUT2D eigenvalue weighted by Gasteiger charge is 2.18. The van der Waals surface area contributed by atoms with Crippen molar-refractivity contribution in [1.82, 2.24) is 0 Å².